The summed E-state index contributed by atoms with van der Waals surface area (Å²) in [6.07, 6.45) is 0.191. The number of pyridine rings is 1. The molecule has 0 saturated heterocycles. The fourth-order valence-electron chi connectivity index (χ4n) is 2.74. The Labute approximate surface area is 144 Å². The Hall–Kier alpha value is -3.09. The minimum Gasteiger partial charge on any atom is -0.497 e. The first-order valence-electron chi connectivity index (χ1n) is 7.88. The van der Waals surface area contributed by atoms with Crippen LogP contribution in [0.5, 0.6) is 5.75 Å². The molecule has 2 aromatic heterocycles. The number of methoxy groups -OCH3 is 1. The highest BCUT2D eigenvalue weighted by atomic mass is 16.5. The molecule has 0 radical (unpaired) electrons. The maximum Gasteiger partial charge on any atom is 0.263 e. The van der Waals surface area contributed by atoms with Gasteiger partial charge in [-0.15, -0.1) is 0 Å². The molecule has 0 unspecified atom stereocenters. The molecule has 0 aliphatic rings. The van der Waals surface area contributed by atoms with Gasteiger partial charge in [-0.2, -0.15) is 5.10 Å². The molecule has 0 spiro atoms. The van der Waals surface area contributed by atoms with E-state index in [4.69, 9.17) is 4.74 Å². The van der Waals surface area contributed by atoms with Crippen LogP contribution in [0.15, 0.2) is 29.1 Å². The van der Waals surface area contributed by atoms with Crippen molar-refractivity contribution < 1.29 is 9.53 Å². The van der Waals surface area contributed by atoms with E-state index in [-0.39, 0.29) is 23.7 Å². The highest BCUT2D eigenvalue weighted by Crippen LogP contribution is 2.20. The number of carbonyl (C=O) groups is 1. The lowest BCUT2D eigenvalue weighted by molar-refractivity contribution is -0.115. The Kier molecular flexibility index (Phi) is 4.31. The van der Waals surface area contributed by atoms with E-state index < -0.39 is 0 Å². The van der Waals surface area contributed by atoms with Crippen LogP contribution in [0.4, 0.5) is 5.82 Å². The van der Waals surface area contributed by atoms with E-state index in [2.05, 4.69) is 15.5 Å². The first-order valence-corrected chi connectivity index (χ1v) is 7.88. The Morgan fingerprint density at radius 1 is 1.32 bits per heavy atom. The molecular formula is C18H20N4O3. The highest BCUT2D eigenvalue weighted by Gasteiger charge is 2.15. The van der Waals surface area contributed by atoms with E-state index in [0.717, 1.165) is 22.6 Å². The maximum atomic E-state index is 12.4. The largest absolute Gasteiger partial charge is 0.497 e. The zero-order valence-electron chi connectivity index (χ0n) is 14.6. The number of H-pyrrole nitrogens is 1. The molecule has 3 aromatic rings. The molecule has 7 heteroatoms. The Morgan fingerprint density at radius 2 is 2.08 bits per heavy atom. The zero-order chi connectivity index (χ0) is 18.1. The average molecular weight is 340 g/mol. The predicted octanol–water partition coefficient (Wildman–Crippen LogP) is 2.07. The summed E-state index contributed by atoms with van der Waals surface area (Å²) >= 11 is 0. The van der Waals surface area contributed by atoms with Crippen LogP contribution in [0.1, 0.15) is 16.8 Å². The molecule has 2 N–H and O–H groups in total. The molecule has 2 heterocycles. The number of anilines is 1. The van der Waals surface area contributed by atoms with Crippen LogP contribution in [0.2, 0.25) is 0 Å². The topological polar surface area (TPSA) is 89.0 Å². The lowest BCUT2D eigenvalue weighted by atomic mass is 10.1. The van der Waals surface area contributed by atoms with Gasteiger partial charge in [-0.25, -0.2) is 0 Å². The van der Waals surface area contributed by atoms with E-state index in [1.807, 2.05) is 38.1 Å². The molecule has 25 heavy (non-hydrogen) atoms. The predicted molar refractivity (Wildman–Crippen MR) is 96.1 cm³/mol. The van der Waals surface area contributed by atoms with Crippen molar-refractivity contribution in [1.82, 2.24) is 14.8 Å². The van der Waals surface area contributed by atoms with Crippen LogP contribution < -0.4 is 15.6 Å². The van der Waals surface area contributed by atoms with Crippen LogP contribution in [0.25, 0.3) is 10.9 Å². The van der Waals surface area contributed by atoms with Gasteiger partial charge in [0.25, 0.3) is 5.56 Å². The van der Waals surface area contributed by atoms with Crippen LogP contribution >= 0.6 is 0 Å². The summed E-state index contributed by atoms with van der Waals surface area (Å²) in [5.74, 6) is 0.773. The normalized spacial score (nSPS) is 10.9. The number of nitrogens with one attached hydrogen (secondary N) is 2. The number of amides is 1. The Bertz CT molecular complexity index is 1020. The second-order valence-electron chi connectivity index (χ2n) is 6.03. The summed E-state index contributed by atoms with van der Waals surface area (Å²) in [4.78, 5) is 24.8. The number of benzene rings is 1. The highest BCUT2D eigenvalue weighted by molar-refractivity contribution is 6.00. The summed E-state index contributed by atoms with van der Waals surface area (Å²) < 4.78 is 6.70. The van der Waals surface area contributed by atoms with Crippen LogP contribution in [0.3, 0.4) is 0 Å². The van der Waals surface area contributed by atoms with E-state index in [1.54, 1.807) is 14.2 Å². The molecule has 7 nitrogen and oxygen atoms in total. The second kappa shape index (κ2) is 6.43. The second-order valence-corrected chi connectivity index (χ2v) is 6.03. The number of nitrogens with zero attached hydrogens (tertiary/aromatic N) is 2. The third-order valence-corrected chi connectivity index (χ3v) is 4.35. The fourth-order valence-corrected chi connectivity index (χ4v) is 2.74. The van der Waals surface area contributed by atoms with Gasteiger partial charge >= 0.3 is 0 Å². The van der Waals surface area contributed by atoms with Crippen molar-refractivity contribution in [3.05, 3.63) is 51.4 Å². The SMILES string of the molecule is COc1ccc(CC(=O)Nc2n[nH]c3cc(C)n(C)c(=O)c23)c(C)c1. The molecule has 0 saturated carbocycles. The van der Waals surface area contributed by atoms with E-state index in [1.165, 1.54) is 4.57 Å². The molecule has 0 fully saturated rings. The van der Waals surface area contributed by atoms with E-state index >= 15 is 0 Å². The number of aromatic nitrogens is 3. The maximum absolute atomic E-state index is 12.4. The number of fused-ring (bicyclic) bond motifs is 1. The number of ether oxygens (including phenoxy) is 1. The summed E-state index contributed by atoms with van der Waals surface area (Å²) in [5.41, 5.74) is 3.08. The van der Waals surface area contributed by atoms with Gasteiger partial charge in [-0.05, 0) is 43.2 Å². The third-order valence-electron chi connectivity index (χ3n) is 4.35. The molecule has 0 aliphatic carbocycles. The smallest absolute Gasteiger partial charge is 0.263 e. The van der Waals surface area contributed by atoms with Crippen molar-refractivity contribution in [1.29, 1.82) is 0 Å². The number of aryl methyl sites for hydroxylation is 2. The van der Waals surface area contributed by atoms with Gasteiger partial charge < -0.3 is 14.6 Å². The number of carbonyl (C=O) groups excluding carboxylic acids is 1. The van der Waals surface area contributed by atoms with Gasteiger partial charge in [-0.3, -0.25) is 14.7 Å². The lowest BCUT2D eigenvalue weighted by Gasteiger charge is -2.08. The van der Waals surface area contributed by atoms with Gasteiger partial charge in [0.15, 0.2) is 5.82 Å². The summed E-state index contributed by atoms with van der Waals surface area (Å²) in [6, 6.07) is 7.38. The summed E-state index contributed by atoms with van der Waals surface area (Å²) in [5, 5.41) is 9.99. The van der Waals surface area contributed by atoms with Gasteiger partial charge in [0, 0.05) is 12.7 Å². The monoisotopic (exact) mass is 340 g/mol. The standard InChI is InChI=1S/C18H20N4O3/c1-10-7-13(25-4)6-5-12(10)9-15(23)19-17-16-14(20-21-17)8-11(2)22(3)18(16)24/h5-8H,9H2,1-4H3,(H2,19,20,21,23). The van der Waals surface area contributed by atoms with E-state index in [9.17, 15) is 9.59 Å². The quantitative estimate of drug-likeness (QED) is 0.761. The minimum atomic E-state index is -0.232. The molecular weight excluding hydrogens is 320 g/mol. The Balaban J connectivity index is 1.86. The first-order chi connectivity index (χ1) is 11.9. The number of hydrogen-bond acceptors (Lipinski definition) is 4. The van der Waals surface area contributed by atoms with Gasteiger partial charge in [0.1, 0.15) is 11.1 Å². The van der Waals surface area contributed by atoms with Gasteiger partial charge in [0.2, 0.25) is 5.91 Å². The first kappa shape index (κ1) is 16.8. The van der Waals surface area contributed by atoms with Crippen molar-refractivity contribution in [3.63, 3.8) is 0 Å². The molecule has 3 rings (SSSR count). The van der Waals surface area contributed by atoms with Crippen molar-refractivity contribution in [2.45, 2.75) is 20.3 Å². The molecule has 1 amide bonds. The molecule has 0 bridgehead atoms. The van der Waals surface area contributed by atoms with Gasteiger partial charge in [-0.1, -0.05) is 6.07 Å². The molecule has 130 valence electrons. The minimum absolute atomic E-state index is 0.191. The number of rotatable bonds is 4. The Morgan fingerprint density at radius 3 is 2.76 bits per heavy atom. The van der Waals surface area contributed by atoms with Gasteiger partial charge in [0.05, 0.1) is 19.0 Å². The number of hydrogen-bond donors (Lipinski definition) is 2. The summed E-state index contributed by atoms with van der Waals surface area (Å²) in [6.45, 7) is 3.76. The zero-order valence-corrected chi connectivity index (χ0v) is 14.6. The van der Waals surface area contributed by atoms with Crippen molar-refractivity contribution in [3.8, 4) is 5.75 Å². The van der Waals surface area contributed by atoms with Crippen LogP contribution in [0, 0.1) is 13.8 Å². The third kappa shape index (κ3) is 3.13. The van der Waals surface area contributed by atoms with Crippen molar-refractivity contribution >= 4 is 22.6 Å². The fraction of sp³-hybridized carbons (Fsp3) is 0.278. The van der Waals surface area contributed by atoms with Crippen LogP contribution in [-0.4, -0.2) is 27.8 Å². The molecule has 1 aromatic carbocycles. The number of aromatic amines is 1. The van der Waals surface area contributed by atoms with Crippen LogP contribution in [-0.2, 0) is 18.3 Å². The molecule has 0 aliphatic heterocycles. The van der Waals surface area contributed by atoms with Crippen molar-refractivity contribution in [2.24, 2.45) is 7.05 Å². The average Bonchev–Trinajstić information content (AvgIpc) is 2.97. The lowest BCUT2D eigenvalue weighted by Crippen LogP contribution is -2.21. The summed E-state index contributed by atoms with van der Waals surface area (Å²) in [7, 11) is 3.29. The van der Waals surface area contributed by atoms with Crippen molar-refractivity contribution in [2.75, 3.05) is 12.4 Å². The molecule has 0 atom stereocenters. The van der Waals surface area contributed by atoms with E-state index in [0.29, 0.717) is 10.9 Å².